The van der Waals surface area contributed by atoms with Crippen LogP contribution in [-0.2, 0) is 22.5 Å². The molecule has 0 spiro atoms. The van der Waals surface area contributed by atoms with Gasteiger partial charge in [-0.3, -0.25) is 4.90 Å². The highest BCUT2D eigenvalue weighted by atomic mass is 16.6. The van der Waals surface area contributed by atoms with Gasteiger partial charge in [0.25, 0.3) is 0 Å². The molecule has 33 heavy (non-hydrogen) atoms. The fraction of sp³-hybridized carbons (Fsp3) is 0.185. The Morgan fingerprint density at radius 3 is 2.27 bits per heavy atom. The molecule has 6 nitrogen and oxygen atoms in total. The number of aromatic amines is 1. The second-order valence-corrected chi connectivity index (χ2v) is 8.62. The molecule has 1 unspecified atom stereocenters. The quantitative estimate of drug-likeness (QED) is 0.475. The Hall–Kier alpha value is -4.06. The first-order valence-corrected chi connectivity index (χ1v) is 11.0. The molecule has 6 heteroatoms. The number of hydrogen-bond acceptors (Lipinski definition) is 3. The molecule has 2 N–H and O–H groups in total. The Balaban J connectivity index is 1.27. The SMILES string of the molecule is O=C(O)C1Cc2c([nH]c3ccccc23)CN1C(=O)OCC1c2ccccc2-c2ccccc21. The second kappa shape index (κ2) is 7.52. The standard InChI is InChI=1S/C27H22N2O4/c30-26(31)25-13-21-20-11-5-6-12-23(20)28-24(21)14-29(25)27(32)33-15-22-18-9-3-1-7-16(18)17-8-2-4-10-19(17)22/h1-12,22,25,28H,13-15H2,(H,30,31). The lowest BCUT2D eigenvalue weighted by Crippen LogP contribution is -2.49. The van der Waals surface area contributed by atoms with Crippen molar-refractivity contribution in [3.05, 3.63) is 95.2 Å². The normalized spacial score (nSPS) is 16.8. The summed E-state index contributed by atoms with van der Waals surface area (Å²) in [5, 5.41) is 10.9. The number of amides is 1. The maximum absolute atomic E-state index is 13.1. The van der Waals surface area contributed by atoms with Crippen molar-refractivity contribution in [3.63, 3.8) is 0 Å². The number of carbonyl (C=O) groups is 2. The molecule has 1 amide bonds. The molecule has 6 rings (SSSR count). The van der Waals surface area contributed by atoms with Gasteiger partial charge in [0.15, 0.2) is 0 Å². The number of benzene rings is 3. The first-order valence-electron chi connectivity index (χ1n) is 11.0. The van der Waals surface area contributed by atoms with Gasteiger partial charge in [-0.25, -0.2) is 9.59 Å². The number of ether oxygens (including phenoxy) is 1. The predicted molar refractivity (Wildman–Crippen MR) is 124 cm³/mol. The van der Waals surface area contributed by atoms with Crippen molar-refractivity contribution in [2.45, 2.75) is 24.9 Å². The van der Waals surface area contributed by atoms with Crippen LogP contribution in [0, 0.1) is 0 Å². The zero-order valence-corrected chi connectivity index (χ0v) is 17.8. The van der Waals surface area contributed by atoms with E-state index in [2.05, 4.69) is 29.2 Å². The number of carbonyl (C=O) groups excluding carboxylic acids is 1. The van der Waals surface area contributed by atoms with E-state index in [0.29, 0.717) is 0 Å². The van der Waals surface area contributed by atoms with Crippen molar-refractivity contribution in [2.75, 3.05) is 6.61 Å². The number of carboxylic acid groups (broad SMARTS) is 1. The van der Waals surface area contributed by atoms with Gasteiger partial charge in [0.2, 0.25) is 0 Å². The number of nitrogens with one attached hydrogen (secondary N) is 1. The number of para-hydroxylation sites is 1. The van der Waals surface area contributed by atoms with Crippen molar-refractivity contribution in [3.8, 4) is 11.1 Å². The summed E-state index contributed by atoms with van der Waals surface area (Å²) in [7, 11) is 0. The molecule has 3 aromatic carbocycles. The first-order chi connectivity index (χ1) is 16.1. The largest absolute Gasteiger partial charge is 0.480 e. The molecule has 0 fully saturated rings. The minimum atomic E-state index is -1.03. The van der Waals surface area contributed by atoms with Crippen LogP contribution in [0.25, 0.3) is 22.0 Å². The summed E-state index contributed by atoms with van der Waals surface area (Å²) in [6, 6.07) is 23.1. The molecular formula is C27H22N2O4. The van der Waals surface area contributed by atoms with Crippen LogP contribution in [0.15, 0.2) is 72.8 Å². The van der Waals surface area contributed by atoms with Crippen LogP contribution in [-0.4, -0.2) is 39.7 Å². The van der Waals surface area contributed by atoms with E-state index in [9.17, 15) is 14.7 Å². The molecule has 0 radical (unpaired) electrons. The maximum atomic E-state index is 13.1. The highest BCUT2D eigenvalue weighted by Gasteiger charge is 2.38. The smallest absolute Gasteiger partial charge is 0.410 e. The molecular weight excluding hydrogens is 416 g/mol. The third kappa shape index (κ3) is 3.09. The molecule has 0 saturated heterocycles. The van der Waals surface area contributed by atoms with Gasteiger partial charge in [-0.2, -0.15) is 0 Å². The molecule has 2 heterocycles. The van der Waals surface area contributed by atoms with E-state index in [1.165, 1.54) is 4.90 Å². The molecule has 4 aromatic rings. The molecule has 164 valence electrons. The molecule has 1 aromatic heterocycles. The van der Waals surface area contributed by atoms with Crippen molar-refractivity contribution < 1.29 is 19.4 Å². The van der Waals surface area contributed by atoms with Gasteiger partial charge >= 0.3 is 12.1 Å². The number of rotatable bonds is 3. The van der Waals surface area contributed by atoms with Gasteiger partial charge in [-0.05, 0) is 33.9 Å². The molecule has 0 saturated carbocycles. The minimum Gasteiger partial charge on any atom is -0.480 e. The lowest BCUT2D eigenvalue weighted by Gasteiger charge is -2.32. The summed E-state index contributed by atoms with van der Waals surface area (Å²) in [4.78, 5) is 29.9. The van der Waals surface area contributed by atoms with E-state index in [1.54, 1.807) is 0 Å². The molecule has 0 bridgehead atoms. The number of nitrogens with zero attached hydrogens (tertiary/aromatic N) is 1. The summed E-state index contributed by atoms with van der Waals surface area (Å²) in [6.45, 7) is 0.340. The van der Waals surface area contributed by atoms with Crippen molar-refractivity contribution in [1.82, 2.24) is 9.88 Å². The Bertz CT molecular complexity index is 1360. The minimum absolute atomic E-state index is 0.0712. The first kappa shape index (κ1) is 19.6. The number of aromatic nitrogens is 1. The Morgan fingerprint density at radius 1 is 0.939 bits per heavy atom. The fourth-order valence-electron chi connectivity index (χ4n) is 5.30. The van der Waals surface area contributed by atoms with Crippen LogP contribution in [0.5, 0.6) is 0 Å². The number of H-pyrrole nitrogens is 1. The number of fused-ring (bicyclic) bond motifs is 6. The highest BCUT2D eigenvalue weighted by molar-refractivity contribution is 5.88. The average molecular weight is 438 g/mol. The van der Waals surface area contributed by atoms with Gasteiger partial charge in [0, 0.05) is 28.9 Å². The number of hydrogen-bond donors (Lipinski definition) is 2. The molecule has 1 aliphatic heterocycles. The van der Waals surface area contributed by atoms with Crippen molar-refractivity contribution in [1.29, 1.82) is 0 Å². The van der Waals surface area contributed by atoms with E-state index in [0.717, 1.165) is 44.4 Å². The third-order valence-electron chi connectivity index (χ3n) is 6.86. The summed E-state index contributed by atoms with van der Waals surface area (Å²) in [5.74, 6) is -1.10. The summed E-state index contributed by atoms with van der Waals surface area (Å²) in [5.41, 5.74) is 7.32. The van der Waals surface area contributed by atoms with Crippen molar-refractivity contribution >= 4 is 23.0 Å². The van der Waals surface area contributed by atoms with Gasteiger partial charge < -0.3 is 14.8 Å². The maximum Gasteiger partial charge on any atom is 0.410 e. The number of carboxylic acids is 1. The topological polar surface area (TPSA) is 82.6 Å². The van der Waals surface area contributed by atoms with Crippen LogP contribution in [0.1, 0.15) is 28.3 Å². The monoisotopic (exact) mass is 438 g/mol. The van der Waals surface area contributed by atoms with Gasteiger partial charge in [0.1, 0.15) is 12.6 Å². The summed E-state index contributed by atoms with van der Waals surface area (Å²) in [6.07, 6.45) is -0.354. The van der Waals surface area contributed by atoms with E-state index < -0.39 is 18.1 Å². The summed E-state index contributed by atoms with van der Waals surface area (Å²) < 4.78 is 5.76. The van der Waals surface area contributed by atoms with Crippen LogP contribution in [0.3, 0.4) is 0 Å². The summed E-state index contributed by atoms with van der Waals surface area (Å²) >= 11 is 0. The Kier molecular flexibility index (Phi) is 4.47. The fourth-order valence-corrected chi connectivity index (χ4v) is 5.30. The highest BCUT2D eigenvalue weighted by Crippen LogP contribution is 2.44. The lowest BCUT2D eigenvalue weighted by molar-refractivity contribution is -0.143. The van der Waals surface area contributed by atoms with Gasteiger partial charge in [-0.15, -0.1) is 0 Å². The van der Waals surface area contributed by atoms with Crippen LogP contribution in [0.2, 0.25) is 0 Å². The Labute approximate surface area is 190 Å². The average Bonchev–Trinajstić information content (AvgIpc) is 3.37. The van der Waals surface area contributed by atoms with Crippen molar-refractivity contribution in [2.24, 2.45) is 0 Å². The predicted octanol–water partition coefficient (Wildman–Crippen LogP) is 4.93. The van der Waals surface area contributed by atoms with Gasteiger partial charge in [0.05, 0.1) is 6.54 Å². The lowest BCUT2D eigenvalue weighted by atomic mass is 9.97. The molecule has 2 aliphatic rings. The van der Waals surface area contributed by atoms with Crippen LogP contribution < -0.4 is 0 Å². The van der Waals surface area contributed by atoms with Gasteiger partial charge in [-0.1, -0.05) is 66.7 Å². The zero-order chi connectivity index (χ0) is 22.5. The molecule has 1 aliphatic carbocycles. The van der Waals surface area contributed by atoms with E-state index >= 15 is 0 Å². The third-order valence-corrected chi connectivity index (χ3v) is 6.86. The van der Waals surface area contributed by atoms with Crippen LogP contribution >= 0.6 is 0 Å². The zero-order valence-electron chi connectivity index (χ0n) is 17.8. The van der Waals surface area contributed by atoms with Crippen LogP contribution in [0.4, 0.5) is 4.79 Å². The Morgan fingerprint density at radius 2 is 1.58 bits per heavy atom. The van der Waals surface area contributed by atoms with E-state index in [-0.39, 0.29) is 25.5 Å². The number of aliphatic carboxylic acids is 1. The molecule has 1 atom stereocenters. The second-order valence-electron chi connectivity index (χ2n) is 8.62. The van der Waals surface area contributed by atoms with E-state index in [4.69, 9.17) is 4.74 Å². The van der Waals surface area contributed by atoms with E-state index in [1.807, 2.05) is 48.5 Å².